The highest BCUT2D eigenvalue weighted by Gasteiger charge is 2.57. The molecule has 11 heteroatoms. The van der Waals surface area contributed by atoms with Crippen LogP contribution in [0.25, 0.3) is 0 Å². The van der Waals surface area contributed by atoms with E-state index in [1.807, 2.05) is 36.2 Å². The maximum absolute atomic E-state index is 14.4. The molecule has 2 aliphatic heterocycles. The van der Waals surface area contributed by atoms with Crippen LogP contribution in [0, 0.1) is 22.7 Å². The Labute approximate surface area is 261 Å². The molecule has 1 saturated heterocycles. The van der Waals surface area contributed by atoms with Crippen LogP contribution in [-0.2, 0) is 33.4 Å². The Morgan fingerprint density at radius 3 is 1.79 bits per heavy atom. The van der Waals surface area contributed by atoms with Gasteiger partial charge in [-0.2, -0.15) is 5.26 Å². The van der Waals surface area contributed by atoms with Crippen molar-refractivity contribution in [3.8, 4) is 6.07 Å². The third-order valence-electron chi connectivity index (χ3n) is 6.78. The first-order valence-electron chi connectivity index (χ1n) is 14.8. The van der Waals surface area contributed by atoms with Gasteiger partial charge in [-0.15, -0.1) is 0 Å². The van der Waals surface area contributed by atoms with Crippen LogP contribution >= 0.6 is 11.9 Å². The first-order valence-corrected chi connectivity index (χ1v) is 16.0. The van der Waals surface area contributed by atoms with Crippen LogP contribution in [-0.4, -0.2) is 75.6 Å². The summed E-state index contributed by atoms with van der Waals surface area (Å²) in [5.74, 6) is -2.49. The summed E-state index contributed by atoms with van der Waals surface area (Å²) in [6.07, 6.45) is 4.66. The topological polar surface area (TPSA) is 126 Å². The largest absolute Gasteiger partial charge is 0.460 e. The third kappa shape index (κ3) is 9.24. The molecule has 10 nitrogen and oxygen atoms in total. The van der Waals surface area contributed by atoms with Gasteiger partial charge in [-0.05, 0) is 87.7 Å². The van der Waals surface area contributed by atoms with Crippen molar-refractivity contribution in [1.29, 1.82) is 5.26 Å². The number of allylic oxidation sites excluding steroid dienone is 2. The number of Topliss-reactive ketones (excluding diaryl/α,β-unsaturated/α-hetero) is 1. The SMILES string of the molecule is CCCC(C(=O)OC(C)(C)C)(C(=O)OC(C)(C)C)C(=O)C1=CC(C#N)=C(N2CCC(C(=O)OC(C)(C)C)CC2)N(SC)C1. The zero-order valence-corrected chi connectivity index (χ0v) is 28.5. The Kier molecular flexibility index (Phi) is 11.6. The number of ether oxygens (including phenoxy) is 3. The molecular formula is C32H49N3O7S. The van der Waals surface area contributed by atoms with Gasteiger partial charge in [0.2, 0.25) is 5.41 Å². The van der Waals surface area contributed by atoms with Crippen molar-refractivity contribution in [1.82, 2.24) is 9.21 Å². The predicted octanol–water partition coefficient (Wildman–Crippen LogP) is 5.33. The standard InChI is InChI=1S/C32H49N3O7S/c1-12-15-32(27(38)41-30(5,6)7,28(39)42-31(8,9)10)24(36)23-18-22(19-33)25(35(20-23)43-11)34-16-13-21(14-17-34)26(37)40-29(2,3)4/h18,21H,12-17,20H2,1-11H3. The summed E-state index contributed by atoms with van der Waals surface area (Å²) in [4.78, 5) is 56.6. The van der Waals surface area contributed by atoms with E-state index in [1.54, 1.807) is 48.5 Å². The number of ketones is 1. The number of esters is 3. The van der Waals surface area contributed by atoms with E-state index in [4.69, 9.17) is 14.2 Å². The molecule has 0 atom stereocenters. The Morgan fingerprint density at radius 1 is 0.907 bits per heavy atom. The molecule has 0 aromatic heterocycles. The summed E-state index contributed by atoms with van der Waals surface area (Å²) in [6, 6.07) is 2.21. The fourth-order valence-electron chi connectivity index (χ4n) is 5.03. The molecule has 2 aliphatic rings. The van der Waals surface area contributed by atoms with Crippen LogP contribution < -0.4 is 0 Å². The van der Waals surface area contributed by atoms with Crippen molar-refractivity contribution in [2.75, 3.05) is 25.9 Å². The van der Waals surface area contributed by atoms with Gasteiger partial charge in [0.1, 0.15) is 28.7 Å². The Hall–Kier alpha value is -3.00. The summed E-state index contributed by atoms with van der Waals surface area (Å²) in [5, 5.41) is 10.2. The molecule has 0 aliphatic carbocycles. The smallest absolute Gasteiger partial charge is 0.332 e. The molecular weight excluding hydrogens is 570 g/mol. The molecule has 0 radical (unpaired) electrons. The Bertz CT molecular complexity index is 1160. The second-order valence-electron chi connectivity index (χ2n) is 14.0. The zero-order chi connectivity index (χ0) is 33.0. The zero-order valence-electron chi connectivity index (χ0n) is 27.7. The first kappa shape index (κ1) is 36.2. The lowest BCUT2D eigenvalue weighted by atomic mass is 9.75. The van der Waals surface area contributed by atoms with Gasteiger partial charge in [-0.3, -0.25) is 23.5 Å². The minimum atomic E-state index is -2.23. The highest BCUT2D eigenvalue weighted by Crippen LogP contribution is 2.39. The van der Waals surface area contributed by atoms with Crippen molar-refractivity contribution in [3.05, 3.63) is 23.0 Å². The lowest BCUT2D eigenvalue weighted by molar-refractivity contribution is -0.186. The molecule has 0 amide bonds. The molecule has 240 valence electrons. The van der Waals surface area contributed by atoms with E-state index in [9.17, 15) is 24.4 Å². The van der Waals surface area contributed by atoms with Gasteiger partial charge in [-0.1, -0.05) is 25.3 Å². The number of hydrogen-bond acceptors (Lipinski definition) is 11. The summed E-state index contributed by atoms with van der Waals surface area (Å²) < 4.78 is 18.7. The van der Waals surface area contributed by atoms with Crippen LogP contribution in [0.4, 0.5) is 0 Å². The van der Waals surface area contributed by atoms with Gasteiger partial charge < -0.3 is 19.1 Å². The first-order chi connectivity index (χ1) is 19.7. The molecule has 0 saturated carbocycles. The van der Waals surface area contributed by atoms with Crippen LogP contribution in [0.15, 0.2) is 23.0 Å². The number of piperidine rings is 1. The summed E-state index contributed by atoms with van der Waals surface area (Å²) in [5.41, 5.74) is -4.33. The van der Waals surface area contributed by atoms with Gasteiger partial charge in [0.15, 0.2) is 5.78 Å². The Morgan fingerprint density at radius 2 is 1.40 bits per heavy atom. The molecule has 0 aromatic rings. The second-order valence-corrected chi connectivity index (χ2v) is 14.8. The van der Waals surface area contributed by atoms with E-state index in [2.05, 4.69) is 6.07 Å². The fourth-order valence-corrected chi connectivity index (χ4v) is 5.68. The molecule has 0 bridgehead atoms. The van der Waals surface area contributed by atoms with E-state index in [-0.39, 0.29) is 36.0 Å². The average molecular weight is 620 g/mol. The fraction of sp³-hybridized carbons (Fsp3) is 0.719. The van der Waals surface area contributed by atoms with E-state index in [0.29, 0.717) is 38.2 Å². The van der Waals surface area contributed by atoms with E-state index in [0.717, 1.165) is 0 Å². The van der Waals surface area contributed by atoms with Gasteiger partial charge in [0.25, 0.3) is 0 Å². The van der Waals surface area contributed by atoms with E-state index < -0.39 is 39.9 Å². The van der Waals surface area contributed by atoms with E-state index >= 15 is 0 Å². The Balaban J connectivity index is 2.54. The van der Waals surface area contributed by atoms with Gasteiger partial charge in [-0.25, -0.2) is 0 Å². The normalized spacial score (nSPS) is 17.2. The third-order valence-corrected chi connectivity index (χ3v) is 7.53. The van der Waals surface area contributed by atoms with Crippen LogP contribution in [0.1, 0.15) is 94.9 Å². The highest BCUT2D eigenvalue weighted by atomic mass is 32.2. The molecule has 43 heavy (non-hydrogen) atoms. The monoisotopic (exact) mass is 619 g/mol. The summed E-state index contributed by atoms with van der Waals surface area (Å²) in [6.45, 7) is 18.4. The van der Waals surface area contributed by atoms with Crippen molar-refractivity contribution in [3.63, 3.8) is 0 Å². The van der Waals surface area contributed by atoms with Crippen LogP contribution in [0.5, 0.6) is 0 Å². The maximum Gasteiger partial charge on any atom is 0.332 e. The second kappa shape index (κ2) is 13.7. The van der Waals surface area contributed by atoms with Gasteiger partial charge in [0, 0.05) is 24.9 Å². The van der Waals surface area contributed by atoms with Gasteiger partial charge >= 0.3 is 17.9 Å². The number of nitriles is 1. The number of hydrogen-bond donors (Lipinski definition) is 0. The number of nitrogens with zero attached hydrogens (tertiary/aromatic N) is 3. The highest BCUT2D eigenvalue weighted by molar-refractivity contribution is 7.96. The minimum Gasteiger partial charge on any atom is -0.460 e. The number of carbonyl (C=O) groups excluding carboxylic acids is 4. The van der Waals surface area contributed by atoms with Crippen LogP contribution in [0.2, 0.25) is 0 Å². The lowest BCUT2D eigenvalue weighted by Crippen LogP contribution is -2.53. The lowest BCUT2D eigenvalue weighted by Gasteiger charge is -2.41. The van der Waals surface area contributed by atoms with Crippen LogP contribution in [0.3, 0.4) is 0 Å². The molecule has 0 spiro atoms. The van der Waals surface area contributed by atoms with Crippen molar-refractivity contribution < 1.29 is 33.4 Å². The van der Waals surface area contributed by atoms with Crippen molar-refractivity contribution >= 4 is 35.6 Å². The molecule has 1 fully saturated rings. The minimum absolute atomic E-state index is 0.0591. The number of likely N-dealkylation sites (tertiary alicyclic amines) is 1. The van der Waals surface area contributed by atoms with Gasteiger partial charge in [0.05, 0.1) is 18.0 Å². The molecule has 0 N–H and O–H groups in total. The average Bonchev–Trinajstić information content (AvgIpc) is 2.87. The predicted molar refractivity (Wildman–Crippen MR) is 165 cm³/mol. The molecule has 2 heterocycles. The summed E-state index contributed by atoms with van der Waals surface area (Å²) in [7, 11) is 0. The quantitative estimate of drug-likeness (QED) is 0.144. The molecule has 0 aromatic carbocycles. The number of carbonyl (C=O) groups is 4. The summed E-state index contributed by atoms with van der Waals surface area (Å²) >= 11 is 1.33. The molecule has 0 unspecified atom stereocenters. The molecule has 2 rings (SSSR count). The van der Waals surface area contributed by atoms with Crippen molar-refractivity contribution in [2.24, 2.45) is 11.3 Å². The maximum atomic E-state index is 14.4. The number of rotatable bonds is 9. The van der Waals surface area contributed by atoms with Crippen molar-refractivity contribution in [2.45, 2.75) is 112 Å². The van der Waals surface area contributed by atoms with E-state index in [1.165, 1.54) is 18.0 Å².